The number of amides is 1. The van der Waals surface area contributed by atoms with E-state index in [1.165, 1.54) is 24.3 Å². The molecule has 32 heavy (non-hydrogen) atoms. The molecule has 1 aliphatic heterocycles. The van der Waals surface area contributed by atoms with Crippen LogP contribution in [-0.2, 0) is 28.5 Å². The standard InChI is InChI=1S/C23H23NO8/c1-3-24-20(26)18-17(30-21(27)15-10-6-4-7-11-15)19(23(32-18)29-14(2)25)31-22(28)16-12-8-5-9-13-16/h4-13,17-19,23H,3H2,1-2H3,(H,24,26)/t17-,18+,19+,23-/m1/s1. The van der Waals surface area contributed by atoms with Crippen molar-refractivity contribution >= 4 is 23.8 Å². The summed E-state index contributed by atoms with van der Waals surface area (Å²) in [4.78, 5) is 49.6. The fourth-order valence-corrected chi connectivity index (χ4v) is 3.15. The van der Waals surface area contributed by atoms with Crippen LogP contribution in [0, 0.1) is 0 Å². The lowest BCUT2D eigenvalue weighted by atomic mass is 10.1. The summed E-state index contributed by atoms with van der Waals surface area (Å²) in [5.74, 6) is -2.83. The summed E-state index contributed by atoms with van der Waals surface area (Å²) >= 11 is 0. The van der Waals surface area contributed by atoms with E-state index in [2.05, 4.69) is 5.32 Å². The fraction of sp³-hybridized carbons (Fsp3) is 0.304. The van der Waals surface area contributed by atoms with Crippen molar-refractivity contribution in [3.05, 3.63) is 71.8 Å². The number of rotatable bonds is 7. The molecule has 1 aliphatic rings. The number of esters is 3. The molecule has 1 N–H and O–H groups in total. The molecule has 4 atom stereocenters. The van der Waals surface area contributed by atoms with Gasteiger partial charge in [-0.1, -0.05) is 36.4 Å². The first-order chi connectivity index (χ1) is 15.4. The van der Waals surface area contributed by atoms with Crippen LogP contribution in [0.3, 0.4) is 0 Å². The van der Waals surface area contributed by atoms with E-state index in [1.54, 1.807) is 43.3 Å². The Bertz CT molecular complexity index is 962. The summed E-state index contributed by atoms with van der Waals surface area (Å²) < 4.78 is 21.8. The lowest BCUT2D eigenvalue weighted by molar-refractivity contribution is -0.187. The zero-order chi connectivity index (χ0) is 23.1. The molecule has 0 saturated carbocycles. The number of carbonyl (C=O) groups is 4. The molecule has 9 nitrogen and oxygen atoms in total. The van der Waals surface area contributed by atoms with E-state index in [-0.39, 0.29) is 17.7 Å². The summed E-state index contributed by atoms with van der Waals surface area (Å²) in [5.41, 5.74) is 0.454. The zero-order valence-corrected chi connectivity index (χ0v) is 17.6. The van der Waals surface area contributed by atoms with Crippen LogP contribution < -0.4 is 5.32 Å². The highest BCUT2D eigenvalue weighted by molar-refractivity contribution is 5.91. The summed E-state index contributed by atoms with van der Waals surface area (Å²) in [7, 11) is 0. The van der Waals surface area contributed by atoms with Gasteiger partial charge < -0.3 is 24.3 Å². The molecular weight excluding hydrogens is 418 g/mol. The molecule has 0 radical (unpaired) electrons. The van der Waals surface area contributed by atoms with Crippen molar-refractivity contribution in [2.75, 3.05) is 6.54 Å². The minimum atomic E-state index is -1.44. The maximum atomic E-state index is 12.7. The molecule has 1 heterocycles. The minimum Gasteiger partial charge on any atom is -0.451 e. The summed E-state index contributed by atoms with van der Waals surface area (Å²) in [6.45, 7) is 3.13. The molecule has 3 rings (SSSR count). The van der Waals surface area contributed by atoms with Gasteiger partial charge in [0.05, 0.1) is 11.1 Å². The molecule has 168 valence electrons. The highest BCUT2D eigenvalue weighted by atomic mass is 16.7. The SMILES string of the molecule is CCNC(=O)[C@H]1O[C@@H](OC(C)=O)[C@@H](OC(=O)c2ccccc2)[C@@H]1OC(=O)c1ccccc1. The average molecular weight is 441 g/mol. The highest BCUT2D eigenvalue weighted by Crippen LogP contribution is 2.30. The van der Waals surface area contributed by atoms with Gasteiger partial charge in [0.1, 0.15) is 0 Å². The first-order valence-corrected chi connectivity index (χ1v) is 10.0. The third-order valence-corrected chi connectivity index (χ3v) is 4.57. The quantitative estimate of drug-likeness (QED) is 0.511. The number of benzene rings is 2. The topological polar surface area (TPSA) is 117 Å². The van der Waals surface area contributed by atoms with E-state index >= 15 is 0 Å². The van der Waals surface area contributed by atoms with E-state index in [0.717, 1.165) is 6.92 Å². The number of likely N-dealkylation sites (N-methyl/N-ethyl adjacent to an activating group) is 1. The van der Waals surface area contributed by atoms with E-state index < -0.39 is 48.4 Å². The molecular formula is C23H23NO8. The number of hydrogen-bond acceptors (Lipinski definition) is 8. The Morgan fingerprint density at radius 2 is 1.31 bits per heavy atom. The van der Waals surface area contributed by atoms with Crippen LogP contribution in [0.5, 0.6) is 0 Å². The monoisotopic (exact) mass is 441 g/mol. The van der Waals surface area contributed by atoms with Crippen LogP contribution in [-0.4, -0.2) is 55.0 Å². The molecule has 0 spiro atoms. The van der Waals surface area contributed by atoms with Crippen molar-refractivity contribution in [3.8, 4) is 0 Å². The van der Waals surface area contributed by atoms with Crippen LogP contribution in [0.4, 0.5) is 0 Å². The van der Waals surface area contributed by atoms with Gasteiger partial charge in [-0.15, -0.1) is 0 Å². The lowest BCUT2D eigenvalue weighted by Crippen LogP contribution is -2.46. The van der Waals surface area contributed by atoms with Crippen LogP contribution in [0.2, 0.25) is 0 Å². The predicted octanol–water partition coefficient (Wildman–Crippen LogP) is 1.86. The second kappa shape index (κ2) is 10.5. The first kappa shape index (κ1) is 23.0. The van der Waals surface area contributed by atoms with Crippen molar-refractivity contribution in [3.63, 3.8) is 0 Å². The molecule has 2 aromatic carbocycles. The molecule has 0 bridgehead atoms. The largest absolute Gasteiger partial charge is 0.451 e. The molecule has 2 aromatic rings. The number of nitrogens with one attached hydrogen (secondary N) is 1. The van der Waals surface area contributed by atoms with Gasteiger partial charge in [0.25, 0.3) is 5.91 Å². The van der Waals surface area contributed by atoms with Gasteiger partial charge in [0, 0.05) is 13.5 Å². The highest BCUT2D eigenvalue weighted by Gasteiger charge is 2.54. The maximum absolute atomic E-state index is 12.7. The Morgan fingerprint density at radius 3 is 1.78 bits per heavy atom. The minimum absolute atomic E-state index is 0.226. The van der Waals surface area contributed by atoms with E-state index in [4.69, 9.17) is 18.9 Å². The van der Waals surface area contributed by atoms with Gasteiger partial charge >= 0.3 is 17.9 Å². The molecule has 0 aromatic heterocycles. The predicted molar refractivity (Wildman–Crippen MR) is 110 cm³/mol. The van der Waals surface area contributed by atoms with Crippen molar-refractivity contribution in [2.45, 2.75) is 38.4 Å². The summed E-state index contributed by atoms with van der Waals surface area (Å²) in [6.07, 6.45) is -5.53. The maximum Gasteiger partial charge on any atom is 0.338 e. The number of hydrogen-bond donors (Lipinski definition) is 1. The van der Waals surface area contributed by atoms with E-state index in [9.17, 15) is 19.2 Å². The molecule has 0 aliphatic carbocycles. The van der Waals surface area contributed by atoms with Gasteiger partial charge in [0.15, 0.2) is 12.2 Å². The van der Waals surface area contributed by atoms with E-state index in [1.807, 2.05) is 0 Å². The van der Waals surface area contributed by atoms with Gasteiger partial charge in [-0.05, 0) is 31.2 Å². The Balaban J connectivity index is 1.91. The second-order valence-electron chi connectivity index (χ2n) is 6.90. The number of carbonyl (C=O) groups excluding carboxylic acids is 4. The number of ether oxygens (including phenoxy) is 4. The van der Waals surface area contributed by atoms with Crippen molar-refractivity contribution in [2.24, 2.45) is 0 Å². The lowest BCUT2D eigenvalue weighted by Gasteiger charge is -2.23. The van der Waals surface area contributed by atoms with Gasteiger partial charge in [-0.3, -0.25) is 9.59 Å². The molecule has 1 saturated heterocycles. The molecule has 1 fully saturated rings. The molecule has 0 unspecified atom stereocenters. The Hall–Kier alpha value is -3.72. The third-order valence-electron chi connectivity index (χ3n) is 4.57. The van der Waals surface area contributed by atoms with Crippen LogP contribution in [0.1, 0.15) is 34.6 Å². The fourth-order valence-electron chi connectivity index (χ4n) is 3.15. The summed E-state index contributed by atoms with van der Waals surface area (Å²) in [5, 5.41) is 2.57. The first-order valence-electron chi connectivity index (χ1n) is 10.0. The van der Waals surface area contributed by atoms with Crippen LogP contribution in [0.15, 0.2) is 60.7 Å². The molecule has 1 amide bonds. The Labute approximate surface area is 184 Å². The van der Waals surface area contributed by atoms with Gasteiger partial charge in [-0.25, -0.2) is 9.59 Å². The summed E-state index contributed by atoms with van der Waals surface area (Å²) in [6, 6.07) is 16.2. The third kappa shape index (κ3) is 5.50. The van der Waals surface area contributed by atoms with Crippen LogP contribution >= 0.6 is 0 Å². The van der Waals surface area contributed by atoms with Gasteiger partial charge in [0.2, 0.25) is 12.4 Å². The van der Waals surface area contributed by atoms with Crippen molar-refractivity contribution in [1.82, 2.24) is 5.32 Å². The average Bonchev–Trinajstić information content (AvgIpc) is 3.11. The normalized spacial score (nSPS) is 21.9. The molecule has 9 heteroatoms. The van der Waals surface area contributed by atoms with Gasteiger partial charge in [-0.2, -0.15) is 0 Å². The Kier molecular flexibility index (Phi) is 7.56. The van der Waals surface area contributed by atoms with E-state index in [0.29, 0.717) is 0 Å². The Morgan fingerprint density at radius 1 is 0.812 bits per heavy atom. The second-order valence-corrected chi connectivity index (χ2v) is 6.90. The van der Waals surface area contributed by atoms with Crippen molar-refractivity contribution in [1.29, 1.82) is 0 Å². The zero-order valence-electron chi connectivity index (χ0n) is 17.6. The van der Waals surface area contributed by atoms with Crippen molar-refractivity contribution < 1.29 is 38.1 Å². The van der Waals surface area contributed by atoms with Crippen LogP contribution in [0.25, 0.3) is 0 Å². The smallest absolute Gasteiger partial charge is 0.338 e.